The number of hydrogen-bond acceptors (Lipinski definition) is 11. The number of aliphatic hydroxyl groups excluding tert-OH is 1. The average molecular weight is 808 g/mol. The molecule has 1 saturated heterocycles. The Hall–Kier alpha value is -5.17. The second kappa shape index (κ2) is 15.5. The first-order valence-electron chi connectivity index (χ1n) is 20.2. The molecule has 2 unspecified atom stereocenters. The highest BCUT2D eigenvalue weighted by molar-refractivity contribution is 5.96. The first-order valence-corrected chi connectivity index (χ1v) is 20.2. The molecule has 1 aliphatic heterocycles. The van der Waals surface area contributed by atoms with Gasteiger partial charge >= 0.3 is 17.9 Å². The molecule has 3 aromatic carbocycles. The van der Waals surface area contributed by atoms with Crippen LogP contribution in [0.15, 0.2) is 102 Å². The zero-order valence-electron chi connectivity index (χ0n) is 34.5. The molecule has 7 rings (SSSR count). The van der Waals surface area contributed by atoms with Gasteiger partial charge in [0, 0.05) is 36.2 Å². The van der Waals surface area contributed by atoms with Gasteiger partial charge in [0.15, 0.2) is 11.9 Å². The minimum atomic E-state index is -1.75. The van der Waals surface area contributed by atoms with Crippen molar-refractivity contribution < 1.29 is 53.1 Å². The quantitative estimate of drug-likeness (QED) is 0.137. The predicted molar refractivity (Wildman–Crippen MR) is 214 cm³/mol. The molecular weight excluding hydrogens is 755 g/mol. The summed E-state index contributed by atoms with van der Waals surface area (Å²) in [6.07, 6.45) is -6.01. The molecule has 2 saturated carbocycles. The zero-order chi connectivity index (χ0) is 42.7. The van der Waals surface area contributed by atoms with Crippen LogP contribution in [0.5, 0.6) is 0 Å². The maximum atomic E-state index is 15.2. The van der Waals surface area contributed by atoms with Crippen LogP contribution in [0.1, 0.15) is 93.6 Å². The molecule has 1 amide bonds. The minimum absolute atomic E-state index is 0.154. The smallest absolute Gasteiger partial charge is 0.350 e. The predicted octanol–water partition coefficient (Wildman–Crippen LogP) is 5.72. The van der Waals surface area contributed by atoms with Crippen LogP contribution in [0.4, 0.5) is 0 Å². The first-order chi connectivity index (χ1) is 27.9. The highest BCUT2D eigenvalue weighted by Crippen LogP contribution is 2.67. The summed E-state index contributed by atoms with van der Waals surface area (Å²) in [5.41, 5.74) is -3.53. The van der Waals surface area contributed by atoms with Crippen molar-refractivity contribution in [3.63, 3.8) is 0 Å². The van der Waals surface area contributed by atoms with Gasteiger partial charge in [0.05, 0.1) is 35.4 Å². The largest absolute Gasteiger partial charge is 0.455 e. The average Bonchev–Trinajstić information content (AvgIpc) is 3.21. The van der Waals surface area contributed by atoms with Crippen molar-refractivity contribution in [2.45, 2.75) is 103 Å². The van der Waals surface area contributed by atoms with Gasteiger partial charge in [-0.3, -0.25) is 14.4 Å². The number of hydrogen-bond donors (Lipinski definition) is 3. The summed E-state index contributed by atoms with van der Waals surface area (Å²) >= 11 is 0. The fourth-order valence-corrected chi connectivity index (χ4v) is 10.8. The molecule has 0 radical (unpaired) electrons. The van der Waals surface area contributed by atoms with E-state index in [0.29, 0.717) is 23.3 Å². The molecule has 312 valence electrons. The van der Waals surface area contributed by atoms with Crippen LogP contribution in [0, 0.1) is 28.1 Å². The minimum Gasteiger partial charge on any atom is -0.455 e. The normalized spacial score (nSPS) is 33.0. The second-order valence-corrected chi connectivity index (χ2v) is 17.7. The number of nitrogens with one attached hydrogen (secondary N) is 1. The Morgan fingerprint density at radius 2 is 1.44 bits per heavy atom. The Bertz CT molecular complexity index is 2160. The number of carbonyl (C=O) groups excluding carboxylic acids is 5. The molecule has 12 nitrogen and oxygen atoms in total. The lowest BCUT2D eigenvalue weighted by Gasteiger charge is -2.68. The molecule has 3 fully saturated rings. The van der Waals surface area contributed by atoms with Crippen molar-refractivity contribution in [2.75, 3.05) is 6.61 Å². The van der Waals surface area contributed by atoms with Crippen LogP contribution in [-0.4, -0.2) is 82.5 Å². The van der Waals surface area contributed by atoms with Gasteiger partial charge in [0.25, 0.3) is 5.91 Å². The number of carbonyl (C=O) groups is 5. The van der Waals surface area contributed by atoms with E-state index in [1.807, 2.05) is 13.8 Å². The monoisotopic (exact) mass is 807 g/mol. The van der Waals surface area contributed by atoms with Crippen molar-refractivity contribution in [3.05, 3.63) is 119 Å². The van der Waals surface area contributed by atoms with Crippen molar-refractivity contribution in [1.29, 1.82) is 0 Å². The molecule has 0 aromatic heterocycles. The highest BCUT2D eigenvalue weighted by Gasteiger charge is 2.73. The van der Waals surface area contributed by atoms with Gasteiger partial charge in [0.1, 0.15) is 12.1 Å². The molecule has 2 bridgehead atoms. The molecule has 1 heterocycles. The number of aliphatic hydroxyl groups is 2. The third-order valence-electron chi connectivity index (χ3n) is 14.1. The van der Waals surface area contributed by atoms with E-state index in [1.165, 1.54) is 19.1 Å². The van der Waals surface area contributed by atoms with E-state index in [4.69, 9.17) is 18.9 Å². The van der Waals surface area contributed by atoms with Crippen LogP contribution in [-0.2, 0) is 33.3 Å². The number of ketones is 1. The molecule has 0 spiro atoms. The van der Waals surface area contributed by atoms with Gasteiger partial charge in [0.2, 0.25) is 6.10 Å². The number of esters is 3. The third-order valence-corrected chi connectivity index (χ3v) is 14.1. The van der Waals surface area contributed by atoms with Crippen LogP contribution in [0.3, 0.4) is 0 Å². The number of fused-ring (bicyclic) bond motifs is 5. The number of ether oxygens (including phenoxy) is 4. The van der Waals surface area contributed by atoms with Gasteiger partial charge < -0.3 is 34.5 Å². The van der Waals surface area contributed by atoms with Crippen molar-refractivity contribution >= 4 is 29.6 Å². The summed E-state index contributed by atoms with van der Waals surface area (Å²) in [4.78, 5) is 70.5. The van der Waals surface area contributed by atoms with Crippen LogP contribution in [0.25, 0.3) is 0 Å². The van der Waals surface area contributed by atoms with Crippen LogP contribution < -0.4 is 5.32 Å². The summed E-state index contributed by atoms with van der Waals surface area (Å²) in [5.74, 6) is -5.02. The van der Waals surface area contributed by atoms with Gasteiger partial charge in [-0.2, -0.15) is 0 Å². The molecular formula is C47H53NO11. The van der Waals surface area contributed by atoms with Crippen molar-refractivity contribution in [1.82, 2.24) is 5.32 Å². The number of Topliss-reactive ketones (excluding diaryl/α,β-unsaturated/α-hetero) is 1. The fraction of sp³-hybridized carbons (Fsp3) is 0.468. The Balaban J connectivity index is 1.35. The van der Waals surface area contributed by atoms with Crippen molar-refractivity contribution in [2.24, 2.45) is 28.1 Å². The van der Waals surface area contributed by atoms with E-state index in [2.05, 4.69) is 5.32 Å². The highest BCUT2D eigenvalue weighted by atomic mass is 16.6. The Labute approximate surface area is 344 Å². The van der Waals surface area contributed by atoms with E-state index < -0.39 is 93.7 Å². The molecule has 3 aliphatic carbocycles. The molecule has 4 aliphatic rings. The zero-order valence-corrected chi connectivity index (χ0v) is 34.5. The second-order valence-electron chi connectivity index (χ2n) is 17.7. The number of amides is 1. The van der Waals surface area contributed by atoms with Gasteiger partial charge in [-0.05, 0) is 66.7 Å². The summed E-state index contributed by atoms with van der Waals surface area (Å²) < 4.78 is 24.3. The SMILES string of the molecule is CC(=O)OC1C(=O)[C@@]2(C)C([C@H](C)[C@]3(O)C[C@H](OC(=O)[C@H](OC(=O)c4ccccc4)[C@@H](NC(=O)c4ccccc4)c4ccccc4)C(C)=C1C3(C)C)[C@]1(C)CO[C@@H]1C[C@@H]2O. The Kier molecular flexibility index (Phi) is 11.0. The van der Waals surface area contributed by atoms with E-state index in [0.717, 1.165) is 0 Å². The molecule has 59 heavy (non-hydrogen) atoms. The summed E-state index contributed by atoms with van der Waals surface area (Å²) in [5, 5.41) is 28.0. The number of rotatable bonds is 9. The summed E-state index contributed by atoms with van der Waals surface area (Å²) in [7, 11) is 0. The first kappa shape index (κ1) is 42.0. The van der Waals surface area contributed by atoms with E-state index in [1.54, 1.807) is 107 Å². The standard InChI is InChI=1S/C47H53NO11/c1-26-32(24-47(55)27(2)39-45(6)25-56-34(45)23-33(50)46(39,7)40(51)37(57-28(3)49)35(26)44(47,4)5)58-43(54)38(59-42(53)31-21-15-10-16-22-31)36(29-17-11-8-12-18-29)48-41(52)30-19-13-9-14-20-30/h8-22,27,32-34,36-39,50,55H,23-25H2,1-7H3,(H,48,52)/t27-,32-,33-,34+,36-,37?,38+,39?,45+,46+,47+/m0/s1. The van der Waals surface area contributed by atoms with Crippen molar-refractivity contribution in [3.8, 4) is 0 Å². The maximum Gasteiger partial charge on any atom is 0.350 e. The summed E-state index contributed by atoms with van der Waals surface area (Å²) in [6.45, 7) is 12.3. The lowest BCUT2D eigenvalue weighted by molar-refractivity contribution is -0.302. The van der Waals surface area contributed by atoms with Crippen LogP contribution in [0.2, 0.25) is 0 Å². The van der Waals surface area contributed by atoms with Crippen LogP contribution >= 0.6 is 0 Å². The van der Waals surface area contributed by atoms with E-state index in [9.17, 15) is 29.4 Å². The van der Waals surface area contributed by atoms with Gasteiger partial charge in [-0.1, -0.05) is 94.4 Å². The number of benzene rings is 3. The van der Waals surface area contributed by atoms with E-state index >= 15 is 4.79 Å². The topological polar surface area (TPSA) is 175 Å². The van der Waals surface area contributed by atoms with Gasteiger partial charge in [-0.15, -0.1) is 0 Å². The molecule has 3 aromatic rings. The molecule has 12 heteroatoms. The Morgan fingerprint density at radius 3 is 2.00 bits per heavy atom. The Morgan fingerprint density at radius 1 is 0.864 bits per heavy atom. The molecule has 3 N–H and O–H groups in total. The molecule has 11 atom stereocenters. The van der Waals surface area contributed by atoms with E-state index in [-0.39, 0.29) is 30.1 Å². The lowest BCUT2D eigenvalue weighted by atomic mass is 9.40. The maximum absolute atomic E-state index is 15.2. The van der Waals surface area contributed by atoms with Gasteiger partial charge in [-0.25, -0.2) is 9.59 Å². The lowest BCUT2D eigenvalue weighted by Crippen LogP contribution is -2.75. The fourth-order valence-electron chi connectivity index (χ4n) is 10.8. The summed E-state index contributed by atoms with van der Waals surface area (Å²) in [6, 6.07) is 23.8. The third kappa shape index (κ3) is 6.88.